The van der Waals surface area contributed by atoms with Gasteiger partial charge in [-0.2, -0.15) is 0 Å². The van der Waals surface area contributed by atoms with Crippen molar-refractivity contribution in [2.24, 2.45) is 0 Å². The van der Waals surface area contributed by atoms with Crippen molar-refractivity contribution in [3.8, 4) is 0 Å². The topological polar surface area (TPSA) is 75.3 Å². The zero-order chi connectivity index (χ0) is 15.2. The summed E-state index contributed by atoms with van der Waals surface area (Å²) < 4.78 is 22.6. The van der Waals surface area contributed by atoms with E-state index in [1.807, 2.05) is 12.1 Å². The van der Waals surface area contributed by atoms with E-state index < -0.39 is 21.0 Å². The Morgan fingerprint density at radius 3 is 2.35 bits per heavy atom. The van der Waals surface area contributed by atoms with Crippen molar-refractivity contribution in [2.45, 2.75) is 32.1 Å². The summed E-state index contributed by atoms with van der Waals surface area (Å²) in [4.78, 5) is 11.8. The molecule has 20 heavy (non-hydrogen) atoms. The highest BCUT2D eigenvalue weighted by Gasteiger charge is 2.23. The maximum absolute atomic E-state index is 11.8. The lowest BCUT2D eigenvalue weighted by Gasteiger charge is -2.11. The third-order valence-corrected chi connectivity index (χ3v) is 4.49. The van der Waals surface area contributed by atoms with E-state index in [0.29, 0.717) is 5.69 Å². The van der Waals surface area contributed by atoms with Crippen LogP contribution in [-0.2, 0) is 21.2 Å². The predicted octanol–water partition coefficient (Wildman–Crippen LogP) is 1.56. The summed E-state index contributed by atoms with van der Waals surface area (Å²) in [7, 11) is -3.37. The first-order valence-electron chi connectivity index (χ1n) is 6.64. The van der Waals surface area contributed by atoms with Gasteiger partial charge in [-0.05, 0) is 37.6 Å². The lowest BCUT2D eigenvalue weighted by atomic mass is 10.2. The summed E-state index contributed by atoms with van der Waals surface area (Å²) in [5.41, 5.74) is 1.72. The number of nitrogens with one attached hydrogen (secondary N) is 2. The molecule has 112 valence electrons. The second kappa shape index (κ2) is 7.40. The lowest BCUT2D eigenvalue weighted by molar-refractivity contribution is -0.115. The largest absolute Gasteiger partial charge is 0.325 e. The molecule has 0 fully saturated rings. The Hall–Kier alpha value is -1.40. The van der Waals surface area contributed by atoms with Crippen LogP contribution in [0.3, 0.4) is 0 Å². The van der Waals surface area contributed by atoms with E-state index in [-0.39, 0.29) is 0 Å². The summed E-state index contributed by atoms with van der Waals surface area (Å²) in [5.74, 6) is -0.510. The molecule has 1 amide bonds. The fraction of sp³-hybridized carbons (Fsp3) is 0.500. The van der Waals surface area contributed by atoms with Crippen LogP contribution in [0.2, 0.25) is 0 Å². The monoisotopic (exact) mass is 298 g/mol. The molecule has 0 heterocycles. The maximum Gasteiger partial charge on any atom is 0.242 e. The van der Waals surface area contributed by atoms with Crippen LogP contribution in [0.15, 0.2) is 24.3 Å². The Balaban J connectivity index is 2.59. The minimum atomic E-state index is -3.37. The molecule has 1 atom stereocenters. The van der Waals surface area contributed by atoms with Gasteiger partial charge in [-0.3, -0.25) is 4.79 Å². The lowest BCUT2D eigenvalue weighted by Crippen LogP contribution is -2.31. The molecule has 0 saturated carbocycles. The van der Waals surface area contributed by atoms with Crippen LogP contribution < -0.4 is 10.6 Å². The highest BCUT2D eigenvalue weighted by atomic mass is 32.2. The van der Waals surface area contributed by atoms with Crippen LogP contribution in [0.5, 0.6) is 0 Å². The van der Waals surface area contributed by atoms with Gasteiger partial charge in [0.1, 0.15) is 5.25 Å². The molecule has 0 aromatic heterocycles. The number of benzene rings is 1. The smallest absolute Gasteiger partial charge is 0.242 e. The molecule has 2 N–H and O–H groups in total. The molecular weight excluding hydrogens is 276 g/mol. The average Bonchev–Trinajstić information content (AvgIpc) is 2.39. The van der Waals surface area contributed by atoms with E-state index in [1.165, 1.54) is 6.92 Å². The minimum Gasteiger partial charge on any atom is -0.325 e. The molecule has 6 heteroatoms. The van der Waals surface area contributed by atoms with Crippen molar-refractivity contribution in [3.05, 3.63) is 29.8 Å². The summed E-state index contributed by atoms with van der Waals surface area (Å²) in [6, 6.07) is 7.36. The van der Waals surface area contributed by atoms with Crippen LogP contribution in [0.25, 0.3) is 0 Å². The average molecular weight is 298 g/mol. The van der Waals surface area contributed by atoms with Crippen molar-refractivity contribution in [1.29, 1.82) is 0 Å². The Kier molecular flexibility index (Phi) is 6.16. The first-order chi connectivity index (χ1) is 9.34. The first kappa shape index (κ1) is 16.7. The Morgan fingerprint density at radius 1 is 1.25 bits per heavy atom. The van der Waals surface area contributed by atoms with Crippen LogP contribution in [0, 0.1) is 0 Å². The van der Waals surface area contributed by atoms with Gasteiger partial charge in [0.05, 0.1) is 0 Å². The van der Waals surface area contributed by atoms with Crippen LogP contribution in [0.1, 0.15) is 25.8 Å². The SMILES string of the molecule is CCCNCc1ccc(NC(=O)C(C)S(C)(=O)=O)cc1. The molecule has 0 aliphatic carbocycles. The molecule has 1 aromatic rings. The van der Waals surface area contributed by atoms with Gasteiger partial charge >= 0.3 is 0 Å². The molecular formula is C14H22N2O3S. The predicted molar refractivity (Wildman–Crippen MR) is 81.4 cm³/mol. The van der Waals surface area contributed by atoms with Crippen molar-refractivity contribution >= 4 is 21.4 Å². The fourth-order valence-corrected chi connectivity index (χ4v) is 2.00. The minimum absolute atomic E-state index is 0.510. The Morgan fingerprint density at radius 2 is 1.85 bits per heavy atom. The molecule has 5 nitrogen and oxygen atoms in total. The molecule has 0 spiro atoms. The maximum atomic E-state index is 11.8. The summed E-state index contributed by atoms with van der Waals surface area (Å²) in [5, 5.41) is 4.84. The van der Waals surface area contributed by atoms with Gasteiger partial charge in [0, 0.05) is 18.5 Å². The normalized spacial score (nSPS) is 12.9. The quantitative estimate of drug-likeness (QED) is 0.749. The van der Waals surface area contributed by atoms with Gasteiger partial charge in [-0.25, -0.2) is 8.42 Å². The van der Waals surface area contributed by atoms with Crippen LogP contribution >= 0.6 is 0 Å². The van der Waals surface area contributed by atoms with Gasteiger partial charge in [0.25, 0.3) is 0 Å². The van der Waals surface area contributed by atoms with Gasteiger partial charge in [-0.1, -0.05) is 19.1 Å². The first-order valence-corrected chi connectivity index (χ1v) is 8.59. The fourth-order valence-electron chi connectivity index (χ4n) is 1.55. The molecule has 1 rings (SSSR count). The number of hydrogen-bond acceptors (Lipinski definition) is 4. The number of anilines is 1. The van der Waals surface area contributed by atoms with E-state index in [0.717, 1.165) is 31.3 Å². The molecule has 0 bridgehead atoms. The number of sulfone groups is 1. The van der Waals surface area contributed by atoms with E-state index >= 15 is 0 Å². The van der Waals surface area contributed by atoms with Crippen molar-refractivity contribution in [1.82, 2.24) is 5.32 Å². The molecule has 1 unspecified atom stereocenters. The Bertz CT molecular complexity index is 538. The van der Waals surface area contributed by atoms with Crippen molar-refractivity contribution in [2.75, 3.05) is 18.1 Å². The third kappa shape index (κ3) is 5.30. The second-order valence-electron chi connectivity index (χ2n) is 4.83. The number of carbonyl (C=O) groups excluding carboxylic acids is 1. The number of amides is 1. The van der Waals surface area contributed by atoms with E-state index in [4.69, 9.17) is 0 Å². The molecule has 1 aromatic carbocycles. The van der Waals surface area contributed by atoms with Gasteiger partial charge in [0.15, 0.2) is 9.84 Å². The summed E-state index contributed by atoms with van der Waals surface area (Å²) in [6.45, 7) is 5.23. The van der Waals surface area contributed by atoms with Gasteiger partial charge in [0.2, 0.25) is 5.91 Å². The molecule has 0 radical (unpaired) electrons. The molecule has 0 aliphatic rings. The molecule has 0 aliphatic heterocycles. The van der Waals surface area contributed by atoms with Crippen molar-refractivity contribution < 1.29 is 13.2 Å². The summed E-state index contributed by atoms with van der Waals surface area (Å²) >= 11 is 0. The Labute approximate surface area is 120 Å². The molecule has 0 saturated heterocycles. The van der Waals surface area contributed by atoms with E-state index in [9.17, 15) is 13.2 Å². The third-order valence-electron chi connectivity index (χ3n) is 2.99. The van der Waals surface area contributed by atoms with E-state index in [1.54, 1.807) is 12.1 Å². The van der Waals surface area contributed by atoms with Crippen molar-refractivity contribution in [3.63, 3.8) is 0 Å². The van der Waals surface area contributed by atoms with Gasteiger partial charge in [-0.15, -0.1) is 0 Å². The number of hydrogen-bond donors (Lipinski definition) is 2. The number of rotatable bonds is 7. The highest BCUT2D eigenvalue weighted by molar-refractivity contribution is 7.92. The highest BCUT2D eigenvalue weighted by Crippen LogP contribution is 2.11. The number of carbonyl (C=O) groups is 1. The summed E-state index contributed by atoms with van der Waals surface area (Å²) in [6.07, 6.45) is 2.14. The van der Waals surface area contributed by atoms with Crippen LogP contribution in [0.4, 0.5) is 5.69 Å². The van der Waals surface area contributed by atoms with Crippen LogP contribution in [-0.4, -0.2) is 32.4 Å². The zero-order valence-corrected chi connectivity index (χ0v) is 13.0. The van der Waals surface area contributed by atoms with Gasteiger partial charge < -0.3 is 10.6 Å². The van der Waals surface area contributed by atoms with E-state index in [2.05, 4.69) is 17.6 Å². The second-order valence-corrected chi connectivity index (χ2v) is 7.20. The zero-order valence-electron chi connectivity index (χ0n) is 12.1. The standard InChI is InChI=1S/C14H22N2O3S/c1-4-9-15-10-12-5-7-13(8-6-12)16-14(17)11(2)20(3,18)19/h5-8,11,15H,4,9-10H2,1-3H3,(H,16,17).